The highest BCUT2D eigenvalue weighted by Gasteiger charge is 2.45. The van der Waals surface area contributed by atoms with E-state index in [1.54, 1.807) is 12.1 Å². The van der Waals surface area contributed by atoms with Gasteiger partial charge in [0.05, 0.1) is 11.1 Å². The van der Waals surface area contributed by atoms with E-state index in [1.807, 2.05) is 6.07 Å². The Labute approximate surface area is 169 Å². The molecule has 4 amide bonds. The summed E-state index contributed by atoms with van der Waals surface area (Å²) < 4.78 is 0. The second-order valence-electron chi connectivity index (χ2n) is 8.71. The maximum atomic E-state index is 13.0. The van der Waals surface area contributed by atoms with Crippen LogP contribution in [0.2, 0.25) is 0 Å². The van der Waals surface area contributed by atoms with Gasteiger partial charge in [-0.15, -0.1) is 0 Å². The molecule has 154 valence electrons. The molecule has 2 unspecified atom stereocenters. The highest BCUT2D eigenvalue weighted by molar-refractivity contribution is 6.23. The molecule has 3 N–H and O–H groups in total. The first-order valence-electron chi connectivity index (χ1n) is 10.1. The minimum atomic E-state index is -0.950. The van der Waals surface area contributed by atoms with Crippen LogP contribution in [-0.2, 0) is 9.59 Å². The number of nitrogens with two attached hydrogens (primary N) is 1. The van der Waals surface area contributed by atoms with Gasteiger partial charge in [0, 0.05) is 31.2 Å². The third kappa shape index (κ3) is 3.11. The Bertz CT molecular complexity index is 910. The first-order chi connectivity index (χ1) is 13.7. The molecule has 2 fully saturated rings. The lowest BCUT2D eigenvalue weighted by Crippen LogP contribution is -2.54. The van der Waals surface area contributed by atoms with Crippen LogP contribution in [0.4, 0.5) is 5.69 Å². The molecule has 4 rings (SSSR count). The Morgan fingerprint density at radius 2 is 1.86 bits per heavy atom. The van der Waals surface area contributed by atoms with Crippen LogP contribution in [-0.4, -0.2) is 53.7 Å². The summed E-state index contributed by atoms with van der Waals surface area (Å²) in [5.74, 6) is -1.95. The van der Waals surface area contributed by atoms with Crippen LogP contribution in [0.1, 0.15) is 60.2 Å². The molecule has 0 bridgehead atoms. The number of hydrogen-bond acceptors (Lipinski definition) is 6. The van der Waals surface area contributed by atoms with Crippen LogP contribution in [0.5, 0.6) is 0 Å². The van der Waals surface area contributed by atoms with Crippen molar-refractivity contribution in [2.24, 2.45) is 11.1 Å². The highest BCUT2D eigenvalue weighted by Crippen LogP contribution is 2.39. The van der Waals surface area contributed by atoms with E-state index in [9.17, 15) is 19.2 Å². The number of nitrogens with zero attached hydrogens (tertiary/aromatic N) is 2. The van der Waals surface area contributed by atoms with Crippen LogP contribution in [0, 0.1) is 5.41 Å². The van der Waals surface area contributed by atoms with Gasteiger partial charge in [-0.05, 0) is 42.9 Å². The van der Waals surface area contributed by atoms with Crippen molar-refractivity contribution in [2.45, 2.75) is 51.6 Å². The maximum absolute atomic E-state index is 13.0. The molecule has 2 atom stereocenters. The fraction of sp³-hybridized carbons (Fsp3) is 0.524. The summed E-state index contributed by atoms with van der Waals surface area (Å²) >= 11 is 0. The van der Waals surface area contributed by atoms with E-state index in [0.29, 0.717) is 17.7 Å². The van der Waals surface area contributed by atoms with E-state index >= 15 is 0 Å². The van der Waals surface area contributed by atoms with Crippen molar-refractivity contribution in [3.8, 4) is 0 Å². The van der Waals surface area contributed by atoms with Gasteiger partial charge >= 0.3 is 0 Å². The average Bonchev–Trinajstić information content (AvgIpc) is 2.91. The number of benzene rings is 1. The number of carbonyl (C=O) groups excluding carboxylic acids is 4. The van der Waals surface area contributed by atoms with Gasteiger partial charge in [0.2, 0.25) is 11.8 Å². The summed E-state index contributed by atoms with van der Waals surface area (Å²) in [6.45, 7) is 5.73. The Kier molecular flexibility index (Phi) is 4.69. The van der Waals surface area contributed by atoms with E-state index in [4.69, 9.17) is 5.73 Å². The molecular formula is C21H26N4O4. The smallest absolute Gasteiger partial charge is 0.262 e. The summed E-state index contributed by atoms with van der Waals surface area (Å²) in [7, 11) is 0. The van der Waals surface area contributed by atoms with Gasteiger partial charge < -0.3 is 10.6 Å². The van der Waals surface area contributed by atoms with E-state index in [-0.39, 0.29) is 30.2 Å². The summed E-state index contributed by atoms with van der Waals surface area (Å²) in [5, 5.41) is 2.21. The monoisotopic (exact) mass is 398 g/mol. The van der Waals surface area contributed by atoms with Crippen LogP contribution in [0.25, 0.3) is 0 Å². The number of carbonyl (C=O) groups is 4. The normalized spacial score (nSPS) is 26.6. The number of hydrogen-bond donors (Lipinski definition) is 2. The molecule has 3 aliphatic rings. The topological polar surface area (TPSA) is 113 Å². The quantitative estimate of drug-likeness (QED) is 0.736. The molecule has 3 aliphatic heterocycles. The van der Waals surface area contributed by atoms with Crippen LogP contribution in [0.3, 0.4) is 0 Å². The van der Waals surface area contributed by atoms with Gasteiger partial charge in [-0.3, -0.25) is 29.4 Å². The van der Waals surface area contributed by atoms with Crippen molar-refractivity contribution in [3.05, 3.63) is 29.3 Å². The molecule has 0 saturated carbocycles. The fourth-order valence-corrected chi connectivity index (χ4v) is 4.84. The predicted octanol–water partition coefficient (Wildman–Crippen LogP) is 1.04. The lowest BCUT2D eigenvalue weighted by Gasteiger charge is -2.47. The molecule has 8 heteroatoms. The van der Waals surface area contributed by atoms with Gasteiger partial charge in [0.15, 0.2) is 0 Å². The zero-order valence-electron chi connectivity index (χ0n) is 16.7. The van der Waals surface area contributed by atoms with Gasteiger partial charge in [0.25, 0.3) is 11.8 Å². The average molecular weight is 398 g/mol. The largest absolute Gasteiger partial charge is 0.367 e. The lowest BCUT2D eigenvalue weighted by atomic mass is 9.76. The molecule has 0 spiro atoms. The van der Waals surface area contributed by atoms with Gasteiger partial charge in [-0.2, -0.15) is 0 Å². The minimum Gasteiger partial charge on any atom is -0.367 e. The van der Waals surface area contributed by atoms with Gasteiger partial charge in [-0.25, -0.2) is 0 Å². The van der Waals surface area contributed by atoms with Crippen molar-refractivity contribution in [1.82, 2.24) is 10.2 Å². The predicted molar refractivity (Wildman–Crippen MR) is 106 cm³/mol. The Morgan fingerprint density at radius 1 is 1.14 bits per heavy atom. The van der Waals surface area contributed by atoms with Crippen LogP contribution in [0.15, 0.2) is 18.2 Å². The van der Waals surface area contributed by atoms with E-state index in [0.717, 1.165) is 30.0 Å². The molecule has 0 aromatic heterocycles. The van der Waals surface area contributed by atoms with Gasteiger partial charge in [0.1, 0.15) is 6.04 Å². The molecule has 2 saturated heterocycles. The summed E-state index contributed by atoms with van der Waals surface area (Å²) in [5.41, 5.74) is 7.58. The number of fused-ring (bicyclic) bond motifs is 1. The standard InChI is InChI=1S/C21H26N4O4/c1-21(2)8-3-9-24(16(21)11-22)12-4-5-13-14(10-12)20(29)25(19(13)28)15-6-7-17(26)23-18(15)27/h4-5,10,15-16H,3,6-9,11,22H2,1-2H3,(H,23,26,27). The van der Waals surface area contributed by atoms with Crippen LogP contribution >= 0.6 is 0 Å². The Hall–Kier alpha value is -2.74. The number of rotatable bonds is 3. The minimum absolute atomic E-state index is 0.0462. The number of amides is 4. The van der Waals surface area contributed by atoms with E-state index in [2.05, 4.69) is 24.1 Å². The molecule has 8 nitrogen and oxygen atoms in total. The number of nitrogens with one attached hydrogen (secondary N) is 1. The molecule has 3 heterocycles. The molecule has 1 aromatic carbocycles. The number of anilines is 1. The van der Waals surface area contributed by atoms with Crippen molar-refractivity contribution in [2.75, 3.05) is 18.0 Å². The van der Waals surface area contributed by atoms with E-state index in [1.165, 1.54) is 0 Å². The number of piperidine rings is 2. The molecule has 0 aliphatic carbocycles. The molecular weight excluding hydrogens is 372 g/mol. The summed E-state index contributed by atoms with van der Waals surface area (Å²) in [6, 6.07) is 4.43. The maximum Gasteiger partial charge on any atom is 0.262 e. The first kappa shape index (κ1) is 19.6. The van der Waals surface area contributed by atoms with Crippen molar-refractivity contribution < 1.29 is 19.2 Å². The molecule has 0 radical (unpaired) electrons. The van der Waals surface area contributed by atoms with Crippen LogP contribution < -0.4 is 16.0 Å². The van der Waals surface area contributed by atoms with Crippen molar-refractivity contribution >= 4 is 29.3 Å². The second-order valence-corrected chi connectivity index (χ2v) is 8.71. The Morgan fingerprint density at radius 3 is 2.55 bits per heavy atom. The third-order valence-electron chi connectivity index (χ3n) is 6.48. The number of imide groups is 2. The van der Waals surface area contributed by atoms with Crippen molar-refractivity contribution in [3.63, 3.8) is 0 Å². The first-order valence-corrected chi connectivity index (χ1v) is 10.1. The molecule has 1 aromatic rings. The fourth-order valence-electron chi connectivity index (χ4n) is 4.84. The Balaban J connectivity index is 1.65. The second kappa shape index (κ2) is 6.95. The van der Waals surface area contributed by atoms with E-state index < -0.39 is 23.8 Å². The SMILES string of the molecule is CC1(C)CCCN(c2ccc3c(c2)C(=O)N(C2CCC(=O)NC2=O)C3=O)C1CN. The van der Waals surface area contributed by atoms with Gasteiger partial charge in [-0.1, -0.05) is 13.8 Å². The summed E-state index contributed by atoms with van der Waals surface area (Å²) in [6.07, 6.45) is 2.36. The lowest BCUT2D eigenvalue weighted by molar-refractivity contribution is -0.136. The summed E-state index contributed by atoms with van der Waals surface area (Å²) in [4.78, 5) is 52.7. The zero-order chi connectivity index (χ0) is 20.9. The molecule has 29 heavy (non-hydrogen) atoms. The highest BCUT2D eigenvalue weighted by atomic mass is 16.2. The third-order valence-corrected chi connectivity index (χ3v) is 6.48. The van der Waals surface area contributed by atoms with Crippen molar-refractivity contribution in [1.29, 1.82) is 0 Å². The zero-order valence-corrected chi connectivity index (χ0v) is 16.7.